The van der Waals surface area contributed by atoms with Crippen molar-refractivity contribution in [3.05, 3.63) is 40.4 Å². The molecule has 1 fully saturated rings. The molecule has 0 bridgehead atoms. The van der Waals surface area contributed by atoms with Gasteiger partial charge in [-0.15, -0.1) is 0 Å². The molecule has 3 nitrogen and oxygen atoms in total. The van der Waals surface area contributed by atoms with Crippen LogP contribution in [-0.4, -0.2) is 11.9 Å². The summed E-state index contributed by atoms with van der Waals surface area (Å²) in [5.41, 5.74) is 0.780. The quantitative estimate of drug-likeness (QED) is 0.679. The molecule has 1 aliphatic rings. The molecular formula is C15H15ClN2O. The second kappa shape index (κ2) is 6.40. The van der Waals surface area contributed by atoms with Gasteiger partial charge in [0.1, 0.15) is 11.6 Å². The van der Waals surface area contributed by atoms with Gasteiger partial charge in [0, 0.05) is 11.1 Å². The van der Waals surface area contributed by atoms with E-state index in [1.807, 2.05) is 18.2 Å². The lowest BCUT2D eigenvalue weighted by Gasteiger charge is -2.11. The number of hydrogen-bond donors (Lipinski definition) is 1. The van der Waals surface area contributed by atoms with Crippen LogP contribution in [0.15, 0.2) is 29.8 Å². The molecule has 0 unspecified atom stereocenters. The Bertz CT molecular complexity index is 539. The Kier molecular flexibility index (Phi) is 4.59. The molecule has 1 saturated carbocycles. The zero-order chi connectivity index (χ0) is 13.7. The monoisotopic (exact) mass is 274 g/mol. The molecule has 1 aliphatic carbocycles. The third kappa shape index (κ3) is 3.59. The van der Waals surface area contributed by atoms with Gasteiger partial charge < -0.3 is 5.32 Å². The number of rotatable bonds is 3. The maximum absolute atomic E-state index is 12.0. The lowest BCUT2D eigenvalue weighted by molar-refractivity contribution is -0.117. The number of carbonyl (C=O) groups is 1. The number of nitriles is 1. The van der Waals surface area contributed by atoms with E-state index in [0.29, 0.717) is 10.6 Å². The van der Waals surface area contributed by atoms with E-state index in [1.54, 1.807) is 12.1 Å². The molecule has 1 N–H and O–H groups in total. The van der Waals surface area contributed by atoms with Crippen LogP contribution in [0.25, 0.3) is 6.08 Å². The predicted octanol–water partition coefficient (Wildman–Crippen LogP) is 3.31. The van der Waals surface area contributed by atoms with Crippen molar-refractivity contribution >= 4 is 23.6 Å². The first-order chi connectivity index (χ1) is 9.20. The van der Waals surface area contributed by atoms with Crippen molar-refractivity contribution in [3.8, 4) is 6.07 Å². The summed E-state index contributed by atoms with van der Waals surface area (Å²) >= 11 is 6.01. The molecule has 1 amide bonds. The number of benzene rings is 1. The van der Waals surface area contributed by atoms with Crippen molar-refractivity contribution in [3.63, 3.8) is 0 Å². The summed E-state index contributed by atoms with van der Waals surface area (Å²) in [5.74, 6) is -0.311. The third-order valence-corrected chi connectivity index (χ3v) is 3.60. The summed E-state index contributed by atoms with van der Waals surface area (Å²) in [5, 5.41) is 12.5. The van der Waals surface area contributed by atoms with Crippen LogP contribution in [0.1, 0.15) is 31.2 Å². The molecule has 0 aromatic heterocycles. The van der Waals surface area contributed by atoms with E-state index in [-0.39, 0.29) is 17.5 Å². The minimum atomic E-state index is -0.311. The van der Waals surface area contributed by atoms with Gasteiger partial charge in [-0.2, -0.15) is 5.26 Å². The van der Waals surface area contributed by atoms with E-state index in [9.17, 15) is 4.79 Å². The van der Waals surface area contributed by atoms with Gasteiger partial charge in [-0.3, -0.25) is 4.79 Å². The van der Waals surface area contributed by atoms with E-state index in [0.717, 1.165) is 25.7 Å². The van der Waals surface area contributed by atoms with E-state index >= 15 is 0 Å². The van der Waals surface area contributed by atoms with Crippen LogP contribution in [0.5, 0.6) is 0 Å². The normalized spacial score (nSPS) is 16.1. The average molecular weight is 275 g/mol. The first-order valence-electron chi connectivity index (χ1n) is 6.38. The summed E-state index contributed by atoms with van der Waals surface area (Å²) < 4.78 is 0. The standard InChI is InChI=1S/C15H15ClN2O/c16-14-8-4-1-5-11(14)9-12(10-17)15(19)18-13-6-2-3-7-13/h1,4-5,8-9,13H,2-3,6-7H2,(H,18,19)/b12-9-. The Labute approximate surface area is 117 Å². The molecule has 4 heteroatoms. The maximum atomic E-state index is 12.0. The Morgan fingerprint density at radius 2 is 2.05 bits per heavy atom. The first kappa shape index (κ1) is 13.6. The van der Waals surface area contributed by atoms with Gasteiger partial charge >= 0.3 is 0 Å². The Morgan fingerprint density at radius 3 is 2.68 bits per heavy atom. The van der Waals surface area contributed by atoms with Crippen LogP contribution in [0.4, 0.5) is 0 Å². The van der Waals surface area contributed by atoms with Gasteiger partial charge in [-0.1, -0.05) is 42.6 Å². The molecule has 2 rings (SSSR count). The molecule has 19 heavy (non-hydrogen) atoms. The van der Waals surface area contributed by atoms with Crippen molar-refractivity contribution in [2.45, 2.75) is 31.7 Å². The van der Waals surface area contributed by atoms with Crippen molar-refractivity contribution in [2.24, 2.45) is 0 Å². The highest BCUT2D eigenvalue weighted by molar-refractivity contribution is 6.32. The van der Waals surface area contributed by atoms with E-state index < -0.39 is 0 Å². The van der Waals surface area contributed by atoms with Crippen LogP contribution < -0.4 is 5.32 Å². The van der Waals surface area contributed by atoms with E-state index in [4.69, 9.17) is 16.9 Å². The second-order valence-electron chi connectivity index (χ2n) is 4.65. The molecule has 0 aliphatic heterocycles. The van der Waals surface area contributed by atoms with Crippen LogP contribution in [0.3, 0.4) is 0 Å². The van der Waals surface area contributed by atoms with Crippen molar-refractivity contribution in [2.75, 3.05) is 0 Å². The molecule has 0 atom stereocenters. The Hall–Kier alpha value is -1.79. The number of amides is 1. The first-order valence-corrected chi connectivity index (χ1v) is 6.75. The summed E-state index contributed by atoms with van der Waals surface area (Å²) in [6.45, 7) is 0. The van der Waals surface area contributed by atoms with Crippen molar-refractivity contribution in [1.82, 2.24) is 5.32 Å². The third-order valence-electron chi connectivity index (χ3n) is 3.26. The second-order valence-corrected chi connectivity index (χ2v) is 5.05. The SMILES string of the molecule is N#C/C(=C/c1ccccc1Cl)C(=O)NC1CCCC1. The van der Waals surface area contributed by atoms with Crippen LogP contribution in [-0.2, 0) is 4.79 Å². The summed E-state index contributed by atoms with van der Waals surface area (Å²) in [4.78, 5) is 12.0. The summed E-state index contributed by atoms with van der Waals surface area (Å²) in [6.07, 6.45) is 5.81. The fraction of sp³-hybridized carbons (Fsp3) is 0.333. The topological polar surface area (TPSA) is 52.9 Å². The molecule has 0 spiro atoms. The highest BCUT2D eigenvalue weighted by Crippen LogP contribution is 2.20. The van der Waals surface area contributed by atoms with Crippen LogP contribution in [0.2, 0.25) is 5.02 Å². The van der Waals surface area contributed by atoms with Gasteiger partial charge in [-0.25, -0.2) is 0 Å². The molecular weight excluding hydrogens is 260 g/mol. The fourth-order valence-corrected chi connectivity index (χ4v) is 2.42. The number of hydrogen-bond acceptors (Lipinski definition) is 2. The van der Waals surface area contributed by atoms with Crippen LogP contribution >= 0.6 is 11.6 Å². The molecule has 0 radical (unpaired) electrons. The zero-order valence-electron chi connectivity index (χ0n) is 10.5. The fourth-order valence-electron chi connectivity index (χ4n) is 2.23. The maximum Gasteiger partial charge on any atom is 0.262 e. The van der Waals surface area contributed by atoms with Gasteiger partial charge in [0.05, 0.1) is 0 Å². The van der Waals surface area contributed by atoms with Crippen molar-refractivity contribution in [1.29, 1.82) is 5.26 Å². The van der Waals surface area contributed by atoms with E-state index in [2.05, 4.69) is 5.32 Å². The summed E-state index contributed by atoms with van der Waals surface area (Å²) in [7, 11) is 0. The number of nitrogens with one attached hydrogen (secondary N) is 1. The minimum Gasteiger partial charge on any atom is -0.349 e. The molecule has 0 heterocycles. The lowest BCUT2D eigenvalue weighted by Crippen LogP contribution is -2.33. The lowest BCUT2D eigenvalue weighted by atomic mass is 10.1. The predicted molar refractivity (Wildman–Crippen MR) is 75.4 cm³/mol. The average Bonchev–Trinajstić information content (AvgIpc) is 2.90. The summed E-state index contributed by atoms with van der Waals surface area (Å²) in [6, 6.07) is 9.29. The Morgan fingerprint density at radius 1 is 1.37 bits per heavy atom. The number of carbonyl (C=O) groups excluding carboxylic acids is 1. The highest BCUT2D eigenvalue weighted by atomic mass is 35.5. The zero-order valence-corrected chi connectivity index (χ0v) is 11.3. The van der Waals surface area contributed by atoms with Gasteiger partial charge in [0.25, 0.3) is 5.91 Å². The molecule has 1 aromatic carbocycles. The smallest absolute Gasteiger partial charge is 0.262 e. The minimum absolute atomic E-state index is 0.0972. The van der Waals surface area contributed by atoms with E-state index in [1.165, 1.54) is 6.08 Å². The number of halogens is 1. The van der Waals surface area contributed by atoms with Gasteiger partial charge in [-0.05, 0) is 30.5 Å². The molecule has 1 aromatic rings. The van der Waals surface area contributed by atoms with Gasteiger partial charge in [0.15, 0.2) is 0 Å². The van der Waals surface area contributed by atoms with Crippen molar-refractivity contribution < 1.29 is 4.79 Å². The van der Waals surface area contributed by atoms with Crippen LogP contribution in [0, 0.1) is 11.3 Å². The van der Waals surface area contributed by atoms with Gasteiger partial charge in [0.2, 0.25) is 0 Å². The number of nitrogens with zero attached hydrogens (tertiary/aromatic N) is 1. The largest absolute Gasteiger partial charge is 0.349 e. The molecule has 98 valence electrons. The Balaban J connectivity index is 2.13. The molecule has 0 saturated heterocycles. The highest BCUT2D eigenvalue weighted by Gasteiger charge is 2.19.